The molecule has 94 valence electrons. The number of aliphatic imine (C=N–C) groups is 1. The highest BCUT2D eigenvalue weighted by atomic mass is 15.2. The predicted octanol–water partition coefficient (Wildman–Crippen LogP) is 1.18. The molecule has 1 saturated carbocycles. The molecule has 0 spiro atoms. The van der Waals surface area contributed by atoms with E-state index in [1.54, 1.807) is 0 Å². The van der Waals surface area contributed by atoms with Crippen molar-refractivity contribution in [1.29, 1.82) is 0 Å². The van der Waals surface area contributed by atoms with Gasteiger partial charge in [0.25, 0.3) is 0 Å². The van der Waals surface area contributed by atoms with Crippen molar-refractivity contribution in [3.8, 4) is 0 Å². The summed E-state index contributed by atoms with van der Waals surface area (Å²) < 4.78 is 0. The van der Waals surface area contributed by atoms with Gasteiger partial charge in [0.1, 0.15) is 0 Å². The van der Waals surface area contributed by atoms with Crippen molar-refractivity contribution in [1.82, 2.24) is 20.8 Å². The molecule has 0 amide bonds. The fourth-order valence-corrected chi connectivity index (χ4v) is 1.72. The van der Waals surface area contributed by atoms with E-state index in [0.717, 1.165) is 29.7 Å². The van der Waals surface area contributed by atoms with Crippen molar-refractivity contribution in [2.75, 3.05) is 6.54 Å². The first-order valence-electron chi connectivity index (χ1n) is 6.24. The minimum Gasteiger partial charge on any atom is -0.357 e. The Kier molecular flexibility index (Phi) is 3.66. The normalized spacial score (nSPS) is 23.6. The van der Waals surface area contributed by atoms with Crippen LogP contribution in [-0.2, 0) is 6.54 Å². The van der Waals surface area contributed by atoms with Crippen molar-refractivity contribution in [2.24, 2.45) is 10.9 Å². The molecule has 2 unspecified atom stereocenters. The highest BCUT2D eigenvalue weighted by Gasteiger charge is 2.33. The third-order valence-corrected chi connectivity index (χ3v) is 3.12. The van der Waals surface area contributed by atoms with E-state index in [0.29, 0.717) is 12.6 Å². The summed E-state index contributed by atoms with van der Waals surface area (Å²) >= 11 is 0. The van der Waals surface area contributed by atoms with Crippen molar-refractivity contribution in [3.05, 3.63) is 17.5 Å². The first-order chi connectivity index (χ1) is 8.20. The Bertz CT molecular complexity index is 395. The van der Waals surface area contributed by atoms with Crippen molar-refractivity contribution in [2.45, 2.75) is 39.8 Å². The summed E-state index contributed by atoms with van der Waals surface area (Å²) in [5.41, 5.74) is 2.23. The van der Waals surface area contributed by atoms with E-state index in [-0.39, 0.29) is 0 Å². The first-order valence-corrected chi connectivity index (χ1v) is 6.24. The Morgan fingerprint density at radius 1 is 1.65 bits per heavy atom. The molecular weight excluding hydrogens is 214 g/mol. The van der Waals surface area contributed by atoms with Gasteiger partial charge in [-0.05, 0) is 26.2 Å². The van der Waals surface area contributed by atoms with E-state index in [1.165, 1.54) is 6.42 Å². The molecule has 1 fully saturated rings. The minimum absolute atomic E-state index is 0.596. The molecule has 5 nitrogen and oxygen atoms in total. The summed E-state index contributed by atoms with van der Waals surface area (Å²) in [5, 5.41) is 13.6. The van der Waals surface area contributed by atoms with Gasteiger partial charge in [0, 0.05) is 23.8 Å². The quantitative estimate of drug-likeness (QED) is 0.542. The molecule has 5 heteroatoms. The Morgan fingerprint density at radius 3 is 2.94 bits per heavy atom. The van der Waals surface area contributed by atoms with Crippen LogP contribution in [0.3, 0.4) is 0 Å². The summed E-state index contributed by atoms with van der Waals surface area (Å²) in [6, 6.07) is 0.596. The zero-order valence-corrected chi connectivity index (χ0v) is 10.7. The van der Waals surface area contributed by atoms with Crippen LogP contribution in [0.5, 0.6) is 0 Å². The predicted molar refractivity (Wildman–Crippen MR) is 68.8 cm³/mol. The maximum Gasteiger partial charge on any atom is 0.191 e. The lowest BCUT2D eigenvalue weighted by Gasteiger charge is -2.10. The van der Waals surface area contributed by atoms with Crippen molar-refractivity contribution < 1.29 is 0 Å². The lowest BCUT2D eigenvalue weighted by Crippen LogP contribution is -2.39. The Balaban J connectivity index is 1.92. The molecule has 1 aromatic rings. The maximum absolute atomic E-state index is 4.57. The van der Waals surface area contributed by atoms with Gasteiger partial charge >= 0.3 is 0 Å². The fraction of sp³-hybridized carbons (Fsp3) is 0.667. The third-order valence-electron chi connectivity index (χ3n) is 3.12. The van der Waals surface area contributed by atoms with Crippen LogP contribution in [-0.4, -0.2) is 28.7 Å². The van der Waals surface area contributed by atoms with Crippen LogP contribution < -0.4 is 10.6 Å². The van der Waals surface area contributed by atoms with Crippen molar-refractivity contribution in [3.63, 3.8) is 0 Å². The molecule has 0 bridgehead atoms. The fourth-order valence-electron chi connectivity index (χ4n) is 1.72. The number of H-pyrrole nitrogens is 1. The molecule has 0 aliphatic heterocycles. The summed E-state index contributed by atoms with van der Waals surface area (Å²) in [6.07, 6.45) is 3.08. The largest absolute Gasteiger partial charge is 0.357 e. The van der Waals surface area contributed by atoms with Crippen LogP contribution in [0.1, 0.15) is 31.5 Å². The molecule has 1 aliphatic carbocycles. The molecule has 0 aromatic carbocycles. The smallest absolute Gasteiger partial charge is 0.191 e. The van der Waals surface area contributed by atoms with Gasteiger partial charge in [0.2, 0.25) is 0 Å². The number of nitrogens with zero attached hydrogens (tertiary/aromatic N) is 2. The van der Waals surface area contributed by atoms with Crippen LogP contribution >= 0.6 is 0 Å². The number of guanidine groups is 1. The van der Waals surface area contributed by atoms with Crippen LogP contribution in [0.15, 0.2) is 11.2 Å². The second kappa shape index (κ2) is 5.21. The van der Waals surface area contributed by atoms with E-state index in [2.05, 4.69) is 39.7 Å². The average molecular weight is 235 g/mol. The molecule has 2 atom stereocenters. The number of nitrogens with one attached hydrogen (secondary N) is 3. The van der Waals surface area contributed by atoms with Gasteiger partial charge in [-0.3, -0.25) is 5.10 Å². The van der Waals surface area contributed by atoms with Gasteiger partial charge in [-0.2, -0.15) is 5.10 Å². The zero-order chi connectivity index (χ0) is 12.3. The van der Waals surface area contributed by atoms with E-state index < -0.39 is 0 Å². The van der Waals surface area contributed by atoms with E-state index in [1.807, 2.05) is 13.1 Å². The third kappa shape index (κ3) is 3.22. The van der Waals surface area contributed by atoms with E-state index in [9.17, 15) is 0 Å². The van der Waals surface area contributed by atoms with Gasteiger partial charge in [0.15, 0.2) is 5.96 Å². The summed E-state index contributed by atoms with van der Waals surface area (Å²) in [7, 11) is 0. The lowest BCUT2D eigenvalue weighted by molar-refractivity contribution is 0.766. The SMILES string of the molecule is CCNC(=NCc1cn[nH]c1C)NC1CC1C. The average Bonchev–Trinajstić information content (AvgIpc) is 2.83. The van der Waals surface area contributed by atoms with Crippen LogP contribution in [0.4, 0.5) is 0 Å². The molecule has 0 radical (unpaired) electrons. The van der Waals surface area contributed by atoms with Gasteiger partial charge in [-0.1, -0.05) is 6.92 Å². The number of hydrogen-bond acceptors (Lipinski definition) is 2. The number of aryl methyl sites for hydroxylation is 1. The molecule has 0 saturated heterocycles. The number of hydrogen-bond donors (Lipinski definition) is 3. The molecule has 1 heterocycles. The number of aromatic nitrogens is 2. The van der Waals surface area contributed by atoms with Crippen LogP contribution in [0.25, 0.3) is 0 Å². The summed E-state index contributed by atoms with van der Waals surface area (Å²) in [5.74, 6) is 1.68. The Hall–Kier alpha value is -1.52. The maximum atomic E-state index is 4.57. The Morgan fingerprint density at radius 2 is 2.41 bits per heavy atom. The van der Waals surface area contributed by atoms with E-state index in [4.69, 9.17) is 0 Å². The van der Waals surface area contributed by atoms with E-state index >= 15 is 0 Å². The lowest BCUT2D eigenvalue weighted by atomic mass is 10.3. The van der Waals surface area contributed by atoms with Crippen LogP contribution in [0.2, 0.25) is 0 Å². The first kappa shape index (κ1) is 12.0. The van der Waals surface area contributed by atoms with Gasteiger partial charge < -0.3 is 10.6 Å². The molecular formula is C12H21N5. The topological polar surface area (TPSA) is 65.1 Å². The monoisotopic (exact) mass is 235 g/mol. The van der Waals surface area contributed by atoms with Gasteiger partial charge in [-0.25, -0.2) is 4.99 Å². The molecule has 1 aliphatic rings. The summed E-state index contributed by atoms with van der Waals surface area (Å²) in [6.45, 7) is 7.90. The number of rotatable bonds is 4. The van der Waals surface area contributed by atoms with Crippen LogP contribution in [0, 0.1) is 12.8 Å². The van der Waals surface area contributed by atoms with Gasteiger partial charge in [-0.15, -0.1) is 0 Å². The second-order valence-electron chi connectivity index (χ2n) is 4.68. The number of aromatic amines is 1. The molecule has 2 rings (SSSR count). The standard InChI is InChI=1S/C12H21N5/c1-4-13-12(16-11-5-8(11)2)14-6-10-7-15-17-9(10)3/h7-8,11H,4-6H2,1-3H3,(H,15,17)(H2,13,14,16). The summed E-state index contributed by atoms with van der Waals surface area (Å²) in [4.78, 5) is 4.57. The molecule has 3 N–H and O–H groups in total. The highest BCUT2D eigenvalue weighted by Crippen LogP contribution is 2.28. The second-order valence-corrected chi connectivity index (χ2v) is 4.68. The molecule has 17 heavy (non-hydrogen) atoms. The van der Waals surface area contributed by atoms with Gasteiger partial charge in [0.05, 0.1) is 12.7 Å². The highest BCUT2D eigenvalue weighted by molar-refractivity contribution is 5.80. The zero-order valence-electron chi connectivity index (χ0n) is 10.7. The minimum atomic E-state index is 0.596. The van der Waals surface area contributed by atoms with Crippen molar-refractivity contribution >= 4 is 5.96 Å². The molecule has 1 aromatic heterocycles. The Labute approximate surface area is 102 Å².